The Morgan fingerprint density at radius 2 is 1.81 bits per heavy atom. The molecule has 2 aromatic carbocycles. The molecular weight excluding hydrogens is 441 g/mol. The van der Waals surface area contributed by atoms with Gasteiger partial charge in [-0.1, -0.05) is 48.0 Å². The number of carbonyl (C=O) groups excluding carboxylic acids is 1. The molecule has 0 aliphatic carbocycles. The molecule has 32 heavy (non-hydrogen) atoms. The minimum absolute atomic E-state index is 0.0119. The smallest absolute Gasteiger partial charge is 0.363 e. The van der Waals surface area contributed by atoms with Crippen LogP contribution in [0.1, 0.15) is 45.7 Å². The van der Waals surface area contributed by atoms with Crippen LogP contribution >= 0.6 is 11.6 Å². The highest BCUT2D eigenvalue weighted by Gasteiger charge is 2.47. The molecule has 0 saturated heterocycles. The maximum Gasteiger partial charge on any atom is 0.410 e. The third-order valence-corrected chi connectivity index (χ3v) is 6.35. The summed E-state index contributed by atoms with van der Waals surface area (Å²) in [5.41, 5.74) is 2.94. The van der Waals surface area contributed by atoms with E-state index in [0.717, 1.165) is 10.2 Å². The van der Waals surface area contributed by atoms with Gasteiger partial charge in [0.15, 0.2) is 11.7 Å². The van der Waals surface area contributed by atoms with Crippen molar-refractivity contribution in [2.45, 2.75) is 37.6 Å². The highest BCUT2D eigenvalue weighted by atomic mass is 35.5. The van der Waals surface area contributed by atoms with Gasteiger partial charge >= 0.3 is 6.18 Å². The van der Waals surface area contributed by atoms with Gasteiger partial charge in [0.1, 0.15) is 5.82 Å². The quantitative estimate of drug-likeness (QED) is 0.557. The number of benzene rings is 2. The number of rotatable bonds is 2. The van der Waals surface area contributed by atoms with Crippen molar-refractivity contribution in [1.82, 2.24) is 14.7 Å². The first kappa shape index (κ1) is 20.9. The average molecular weight is 461 g/mol. The summed E-state index contributed by atoms with van der Waals surface area (Å²) < 4.78 is 42.6. The van der Waals surface area contributed by atoms with Gasteiger partial charge in [-0.2, -0.15) is 18.3 Å². The van der Waals surface area contributed by atoms with Gasteiger partial charge in [0, 0.05) is 30.6 Å². The molecular formula is C23H20ClF3N4O. The molecule has 0 radical (unpaired) electrons. The lowest BCUT2D eigenvalue weighted by Crippen LogP contribution is -2.37. The number of alkyl halides is 3. The van der Waals surface area contributed by atoms with Crippen LogP contribution in [0.15, 0.2) is 54.6 Å². The van der Waals surface area contributed by atoms with Crippen molar-refractivity contribution in [2.75, 3.05) is 11.9 Å². The number of hydrogen-bond acceptors (Lipinski definition) is 3. The van der Waals surface area contributed by atoms with E-state index in [9.17, 15) is 18.0 Å². The van der Waals surface area contributed by atoms with Crippen LogP contribution in [0.4, 0.5) is 19.0 Å². The number of amides is 1. The van der Waals surface area contributed by atoms with Crippen LogP contribution in [0.2, 0.25) is 5.02 Å². The lowest BCUT2D eigenvalue weighted by molar-refractivity contribution is -0.173. The Hall–Kier alpha value is -3.00. The van der Waals surface area contributed by atoms with Crippen molar-refractivity contribution < 1.29 is 18.0 Å². The Labute approximate surface area is 187 Å². The van der Waals surface area contributed by atoms with E-state index in [-0.39, 0.29) is 23.8 Å². The number of fused-ring (bicyclic) bond motifs is 2. The van der Waals surface area contributed by atoms with E-state index in [2.05, 4.69) is 10.4 Å². The number of anilines is 1. The molecule has 2 atom stereocenters. The van der Waals surface area contributed by atoms with Crippen LogP contribution in [0.5, 0.6) is 0 Å². The van der Waals surface area contributed by atoms with Crippen LogP contribution in [0.25, 0.3) is 0 Å². The number of nitrogens with one attached hydrogen (secondary N) is 1. The Balaban J connectivity index is 1.44. The van der Waals surface area contributed by atoms with Gasteiger partial charge in [0.25, 0.3) is 5.91 Å². The molecule has 1 aromatic heterocycles. The van der Waals surface area contributed by atoms with Crippen molar-refractivity contribution in [3.8, 4) is 0 Å². The van der Waals surface area contributed by atoms with E-state index in [1.807, 2.05) is 24.3 Å². The second-order valence-electron chi connectivity index (χ2n) is 8.15. The van der Waals surface area contributed by atoms with Crippen LogP contribution < -0.4 is 5.32 Å². The summed E-state index contributed by atoms with van der Waals surface area (Å²) >= 11 is 5.92. The van der Waals surface area contributed by atoms with Gasteiger partial charge in [-0.15, -0.1) is 0 Å². The minimum atomic E-state index is -4.50. The molecule has 0 saturated carbocycles. The zero-order valence-electron chi connectivity index (χ0n) is 16.9. The van der Waals surface area contributed by atoms with Crippen molar-refractivity contribution in [3.05, 3.63) is 82.0 Å². The second-order valence-corrected chi connectivity index (χ2v) is 8.58. The summed E-state index contributed by atoms with van der Waals surface area (Å²) in [5.74, 6) is -0.188. The van der Waals surface area contributed by atoms with E-state index < -0.39 is 18.3 Å². The summed E-state index contributed by atoms with van der Waals surface area (Å²) in [4.78, 5) is 14.7. The lowest BCUT2D eigenvalue weighted by Gasteiger charge is -2.33. The van der Waals surface area contributed by atoms with E-state index in [1.165, 1.54) is 11.6 Å². The summed E-state index contributed by atoms with van der Waals surface area (Å²) in [6.45, 7) is 0.919. The first-order valence-electron chi connectivity index (χ1n) is 10.3. The molecule has 166 valence electrons. The monoisotopic (exact) mass is 460 g/mol. The Kier molecular flexibility index (Phi) is 5.12. The molecule has 2 aliphatic rings. The Bertz CT molecular complexity index is 1160. The lowest BCUT2D eigenvalue weighted by atomic mass is 9.97. The number of carbonyl (C=O) groups is 1. The predicted octanol–water partition coefficient (Wildman–Crippen LogP) is 5.40. The first-order valence-corrected chi connectivity index (χ1v) is 10.7. The summed E-state index contributed by atoms with van der Waals surface area (Å²) in [7, 11) is 0. The number of aromatic nitrogens is 2. The fourth-order valence-corrected chi connectivity index (χ4v) is 4.55. The molecule has 3 heterocycles. The van der Waals surface area contributed by atoms with E-state index in [0.29, 0.717) is 30.1 Å². The maximum absolute atomic E-state index is 13.9. The van der Waals surface area contributed by atoms with Crippen molar-refractivity contribution >= 4 is 23.3 Å². The van der Waals surface area contributed by atoms with Crippen molar-refractivity contribution in [3.63, 3.8) is 0 Å². The SMILES string of the molecule is O=C(c1cc2n(n1)C(C(F)(F)F)CC(c1ccc(Cl)cc1)N2)N1CCc2ccccc2C1. The van der Waals surface area contributed by atoms with E-state index in [1.54, 1.807) is 29.2 Å². The molecule has 9 heteroatoms. The highest BCUT2D eigenvalue weighted by molar-refractivity contribution is 6.30. The largest absolute Gasteiger partial charge is 0.410 e. The molecule has 0 spiro atoms. The fraction of sp³-hybridized carbons (Fsp3) is 0.304. The van der Waals surface area contributed by atoms with Crippen LogP contribution in [-0.2, 0) is 13.0 Å². The van der Waals surface area contributed by atoms with Crippen molar-refractivity contribution in [2.24, 2.45) is 0 Å². The van der Waals surface area contributed by atoms with Gasteiger partial charge in [0.2, 0.25) is 0 Å². The third kappa shape index (κ3) is 3.83. The molecule has 3 aromatic rings. The van der Waals surface area contributed by atoms with Gasteiger partial charge in [0.05, 0.1) is 6.04 Å². The minimum Gasteiger partial charge on any atom is -0.363 e. The Morgan fingerprint density at radius 1 is 1.09 bits per heavy atom. The van der Waals surface area contributed by atoms with E-state index in [4.69, 9.17) is 11.6 Å². The molecule has 5 rings (SSSR count). The third-order valence-electron chi connectivity index (χ3n) is 6.10. The number of nitrogens with zero attached hydrogens (tertiary/aromatic N) is 3. The van der Waals surface area contributed by atoms with Gasteiger partial charge in [-0.3, -0.25) is 4.79 Å². The van der Waals surface area contributed by atoms with Crippen LogP contribution in [-0.4, -0.2) is 33.3 Å². The van der Waals surface area contributed by atoms with E-state index >= 15 is 0 Å². The van der Waals surface area contributed by atoms with Crippen molar-refractivity contribution in [1.29, 1.82) is 0 Å². The van der Waals surface area contributed by atoms with Crippen LogP contribution in [0.3, 0.4) is 0 Å². The fourth-order valence-electron chi connectivity index (χ4n) is 4.42. The number of halogens is 4. The van der Waals surface area contributed by atoms with Gasteiger partial charge < -0.3 is 10.2 Å². The standard InChI is InChI=1S/C23H20ClF3N4O/c24-17-7-5-15(6-8-17)18-11-20(23(25,26)27)31-21(28-18)12-19(29-31)22(32)30-10-9-14-3-1-2-4-16(14)13-30/h1-8,12,18,20,28H,9-11,13H2. The number of hydrogen-bond donors (Lipinski definition) is 1. The maximum atomic E-state index is 13.9. The molecule has 5 nitrogen and oxygen atoms in total. The first-order chi connectivity index (χ1) is 15.3. The Morgan fingerprint density at radius 3 is 2.53 bits per heavy atom. The predicted molar refractivity (Wildman–Crippen MR) is 115 cm³/mol. The van der Waals surface area contributed by atoms with Gasteiger partial charge in [-0.05, 0) is 35.2 Å². The topological polar surface area (TPSA) is 50.2 Å². The van der Waals surface area contributed by atoms with Gasteiger partial charge in [-0.25, -0.2) is 4.68 Å². The summed E-state index contributed by atoms with van der Waals surface area (Å²) in [6, 6.07) is 13.6. The zero-order valence-corrected chi connectivity index (χ0v) is 17.7. The average Bonchev–Trinajstić information content (AvgIpc) is 3.21. The molecule has 2 aliphatic heterocycles. The highest BCUT2D eigenvalue weighted by Crippen LogP contribution is 2.43. The summed E-state index contributed by atoms with van der Waals surface area (Å²) in [6.07, 6.45) is -4.03. The second kappa shape index (κ2) is 7.85. The molecule has 0 fully saturated rings. The van der Waals surface area contributed by atoms with Crippen LogP contribution in [0, 0.1) is 0 Å². The molecule has 0 bridgehead atoms. The normalized spacial score (nSPS) is 20.3. The summed E-state index contributed by atoms with van der Waals surface area (Å²) in [5, 5.41) is 7.72. The zero-order chi connectivity index (χ0) is 22.5. The molecule has 1 N–H and O–H groups in total. The molecule has 2 unspecified atom stereocenters. The molecule has 1 amide bonds.